The maximum Gasteiger partial charge on any atom is 0.135 e. The van der Waals surface area contributed by atoms with Gasteiger partial charge in [-0.3, -0.25) is 0 Å². The molecule has 37 heavy (non-hydrogen) atoms. The van der Waals surface area contributed by atoms with Crippen molar-refractivity contribution in [1.29, 1.82) is 5.41 Å². The molecule has 0 saturated carbocycles. The van der Waals surface area contributed by atoms with Crippen LogP contribution >= 0.6 is 0 Å². The predicted molar refractivity (Wildman–Crippen MR) is 157 cm³/mol. The van der Waals surface area contributed by atoms with E-state index >= 15 is 0 Å². The molecule has 3 N–H and O–H groups in total. The summed E-state index contributed by atoms with van der Waals surface area (Å²) in [6, 6.07) is 2.41. The van der Waals surface area contributed by atoms with E-state index in [1.165, 1.54) is 48.0 Å². The van der Waals surface area contributed by atoms with Crippen molar-refractivity contribution >= 4 is 17.6 Å². The smallest absolute Gasteiger partial charge is 0.135 e. The lowest BCUT2D eigenvalue weighted by Crippen LogP contribution is -2.38. The van der Waals surface area contributed by atoms with Crippen LogP contribution in [0, 0.1) is 11.3 Å². The van der Waals surface area contributed by atoms with Gasteiger partial charge in [0.05, 0.1) is 5.69 Å². The average Bonchev–Trinajstić information content (AvgIpc) is 2.85. The minimum atomic E-state index is 0.222. The predicted octanol–water partition coefficient (Wildman–Crippen LogP) is 5.72. The maximum atomic E-state index is 8.21. The van der Waals surface area contributed by atoms with Gasteiger partial charge in [0, 0.05) is 66.9 Å². The minimum absolute atomic E-state index is 0.222. The summed E-state index contributed by atoms with van der Waals surface area (Å²) >= 11 is 0. The molecule has 0 amide bonds. The zero-order valence-corrected chi connectivity index (χ0v) is 23.4. The summed E-state index contributed by atoms with van der Waals surface area (Å²) in [6.45, 7) is 21.3. The Balaban J connectivity index is 1.63. The SMILES string of the molecule is C=C1NC(C)=CC(C)=C1Cc1cc(C2=CCN(C(=C)C3CCCN(C)C3)CC2)nc(NC(C)C)c1C=N. The summed E-state index contributed by atoms with van der Waals surface area (Å²) in [7, 11) is 2.21. The van der Waals surface area contributed by atoms with E-state index in [-0.39, 0.29) is 6.04 Å². The molecule has 0 radical (unpaired) electrons. The molecule has 4 rings (SSSR count). The van der Waals surface area contributed by atoms with Crippen LogP contribution in [-0.4, -0.2) is 60.3 Å². The molecule has 6 nitrogen and oxygen atoms in total. The lowest BCUT2D eigenvalue weighted by molar-refractivity contribution is 0.199. The van der Waals surface area contributed by atoms with Crippen LogP contribution in [0.4, 0.5) is 5.82 Å². The van der Waals surface area contributed by atoms with Gasteiger partial charge >= 0.3 is 0 Å². The van der Waals surface area contributed by atoms with Gasteiger partial charge in [0.1, 0.15) is 5.82 Å². The number of piperidine rings is 1. The summed E-state index contributed by atoms with van der Waals surface area (Å²) in [5.74, 6) is 1.34. The van der Waals surface area contributed by atoms with Crippen molar-refractivity contribution in [2.24, 2.45) is 5.92 Å². The van der Waals surface area contributed by atoms with Gasteiger partial charge in [-0.15, -0.1) is 0 Å². The Morgan fingerprint density at radius 1 is 1.32 bits per heavy atom. The fourth-order valence-electron chi connectivity index (χ4n) is 5.76. The molecule has 0 spiro atoms. The van der Waals surface area contributed by atoms with Crippen LogP contribution in [-0.2, 0) is 6.42 Å². The first-order valence-electron chi connectivity index (χ1n) is 13.6. The first-order chi connectivity index (χ1) is 17.7. The quantitative estimate of drug-likeness (QED) is 0.398. The van der Waals surface area contributed by atoms with E-state index in [0.29, 0.717) is 12.3 Å². The van der Waals surface area contributed by atoms with E-state index in [9.17, 15) is 0 Å². The average molecular weight is 501 g/mol. The van der Waals surface area contributed by atoms with Gasteiger partial charge in [0.15, 0.2) is 0 Å². The summed E-state index contributed by atoms with van der Waals surface area (Å²) in [5.41, 5.74) is 9.95. The van der Waals surface area contributed by atoms with E-state index in [2.05, 4.69) is 86.6 Å². The van der Waals surface area contributed by atoms with Crippen molar-refractivity contribution in [2.45, 2.75) is 59.4 Å². The van der Waals surface area contributed by atoms with Gasteiger partial charge in [0.25, 0.3) is 0 Å². The Kier molecular flexibility index (Phi) is 8.38. The van der Waals surface area contributed by atoms with Crippen molar-refractivity contribution in [3.8, 4) is 0 Å². The number of dihydropyridines is 1. The molecule has 1 aromatic rings. The van der Waals surface area contributed by atoms with Crippen LogP contribution in [0.15, 0.2) is 59.6 Å². The zero-order chi connectivity index (χ0) is 26.7. The highest BCUT2D eigenvalue weighted by Gasteiger charge is 2.25. The standard InChI is InChI=1S/C31H44N6/c1-20(2)33-31-29(18-32)27(16-28-21(3)15-22(4)34-23(28)5)17-30(35-31)25-10-13-37(14-11-25)24(6)26-9-8-12-36(7)19-26/h10,15,17-18,20,26,32,34H,5-6,8-9,11-14,16,19H2,1-4,7H3,(H,33,35). The van der Waals surface area contributed by atoms with Gasteiger partial charge in [-0.2, -0.15) is 0 Å². The van der Waals surface area contributed by atoms with Crippen molar-refractivity contribution in [2.75, 3.05) is 38.5 Å². The van der Waals surface area contributed by atoms with Crippen LogP contribution in [0.3, 0.4) is 0 Å². The van der Waals surface area contributed by atoms with Crippen LogP contribution < -0.4 is 10.6 Å². The van der Waals surface area contributed by atoms with E-state index in [4.69, 9.17) is 10.4 Å². The molecule has 1 fully saturated rings. The normalized spacial score (nSPS) is 21.0. The molecule has 3 aliphatic rings. The van der Waals surface area contributed by atoms with Gasteiger partial charge in [-0.25, -0.2) is 4.98 Å². The molecule has 198 valence electrons. The van der Waals surface area contributed by atoms with Gasteiger partial charge < -0.3 is 25.8 Å². The number of allylic oxidation sites excluding steroid dienone is 4. The third-order valence-electron chi connectivity index (χ3n) is 7.74. The van der Waals surface area contributed by atoms with E-state index in [0.717, 1.165) is 60.1 Å². The number of aromatic nitrogens is 1. The summed E-state index contributed by atoms with van der Waals surface area (Å²) in [6.07, 6.45) is 10.1. The van der Waals surface area contributed by atoms with E-state index < -0.39 is 0 Å². The molecule has 6 heteroatoms. The third kappa shape index (κ3) is 6.24. The number of nitrogens with zero attached hydrogens (tertiary/aromatic N) is 3. The van der Waals surface area contributed by atoms with Crippen molar-refractivity contribution < 1.29 is 0 Å². The highest BCUT2D eigenvalue weighted by molar-refractivity contribution is 5.88. The molecule has 1 aromatic heterocycles. The molecular formula is C31H44N6. The number of likely N-dealkylation sites (tertiary alicyclic amines) is 1. The maximum absolute atomic E-state index is 8.21. The van der Waals surface area contributed by atoms with Crippen molar-refractivity contribution in [3.63, 3.8) is 0 Å². The fourth-order valence-corrected chi connectivity index (χ4v) is 5.76. The Morgan fingerprint density at radius 3 is 2.73 bits per heavy atom. The van der Waals surface area contributed by atoms with Gasteiger partial charge in [-0.05, 0) is 95.0 Å². The number of nitrogens with one attached hydrogen (secondary N) is 3. The first-order valence-corrected chi connectivity index (χ1v) is 13.6. The van der Waals surface area contributed by atoms with Crippen LogP contribution in [0.2, 0.25) is 0 Å². The van der Waals surface area contributed by atoms with Crippen LogP contribution in [0.25, 0.3) is 5.57 Å². The molecule has 0 aliphatic carbocycles. The van der Waals surface area contributed by atoms with Crippen LogP contribution in [0.1, 0.15) is 63.8 Å². The highest BCUT2D eigenvalue weighted by Crippen LogP contribution is 2.32. The first kappa shape index (κ1) is 26.9. The zero-order valence-electron chi connectivity index (χ0n) is 23.4. The third-order valence-corrected chi connectivity index (χ3v) is 7.74. The number of hydrogen-bond acceptors (Lipinski definition) is 6. The second kappa shape index (κ2) is 11.5. The molecular weight excluding hydrogens is 456 g/mol. The Morgan fingerprint density at radius 2 is 2.11 bits per heavy atom. The van der Waals surface area contributed by atoms with Gasteiger partial charge in [0.2, 0.25) is 0 Å². The van der Waals surface area contributed by atoms with E-state index in [1.807, 2.05) is 0 Å². The Bertz CT molecular complexity index is 1170. The molecule has 0 bridgehead atoms. The largest absolute Gasteiger partial charge is 0.371 e. The summed E-state index contributed by atoms with van der Waals surface area (Å²) in [5, 5.41) is 15.1. The molecule has 0 aromatic carbocycles. The number of pyridine rings is 1. The lowest BCUT2D eigenvalue weighted by atomic mass is 9.91. The number of rotatable bonds is 8. The molecule has 1 saturated heterocycles. The van der Waals surface area contributed by atoms with E-state index in [1.54, 1.807) is 0 Å². The molecule has 3 aliphatic heterocycles. The highest BCUT2D eigenvalue weighted by atomic mass is 15.2. The topological polar surface area (TPSA) is 67.3 Å². The van der Waals surface area contributed by atoms with Gasteiger partial charge in [-0.1, -0.05) is 19.2 Å². The monoisotopic (exact) mass is 500 g/mol. The molecule has 1 atom stereocenters. The molecule has 4 heterocycles. The second-order valence-electron chi connectivity index (χ2n) is 11.2. The summed E-state index contributed by atoms with van der Waals surface area (Å²) in [4.78, 5) is 9.91. The number of hydrogen-bond donors (Lipinski definition) is 3. The molecule has 1 unspecified atom stereocenters. The number of anilines is 1. The van der Waals surface area contributed by atoms with Crippen LogP contribution in [0.5, 0.6) is 0 Å². The van der Waals surface area contributed by atoms with Crippen molar-refractivity contribution in [3.05, 3.63) is 76.4 Å². The Hall–Kier alpha value is -3.12. The fraction of sp³-hybridized carbons (Fsp3) is 0.484. The Labute approximate surface area is 223 Å². The minimum Gasteiger partial charge on any atom is -0.371 e. The lowest BCUT2D eigenvalue weighted by Gasteiger charge is -2.38. The summed E-state index contributed by atoms with van der Waals surface area (Å²) < 4.78 is 0. The second-order valence-corrected chi connectivity index (χ2v) is 11.2. The van der Waals surface area contributed by atoms with Crippen molar-refractivity contribution in [1.82, 2.24) is 20.1 Å².